The van der Waals surface area contributed by atoms with E-state index in [4.69, 9.17) is 4.74 Å². The summed E-state index contributed by atoms with van der Waals surface area (Å²) in [6.07, 6.45) is 25.7. The zero-order valence-electron chi connectivity index (χ0n) is 18.3. The average molecular weight is 368 g/mol. The predicted octanol–water partition coefficient (Wildman–Crippen LogP) is 7.41. The lowest BCUT2D eigenvalue weighted by Crippen LogP contribution is -2.47. The standard InChI is InChI=1S/C24H49NO/c1-3-4-5-6-7-8-9-10-11-12-13-14-15-16-17-18-19-20-24(2)23-25-21-22-26-24/h25H,3-23H2,1-2H3. The molecule has 1 aliphatic rings. The molecule has 0 bridgehead atoms. The third-order valence-corrected chi connectivity index (χ3v) is 6.04. The average Bonchev–Trinajstić information content (AvgIpc) is 2.65. The molecule has 0 aromatic carbocycles. The van der Waals surface area contributed by atoms with Crippen LogP contribution in [-0.2, 0) is 4.74 Å². The molecular formula is C24H49NO. The number of rotatable bonds is 18. The Morgan fingerprint density at radius 3 is 1.46 bits per heavy atom. The summed E-state index contributed by atoms with van der Waals surface area (Å²) in [6, 6.07) is 0. The van der Waals surface area contributed by atoms with Crippen LogP contribution in [0.2, 0.25) is 0 Å². The molecular weight excluding hydrogens is 318 g/mol. The van der Waals surface area contributed by atoms with Crippen molar-refractivity contribution in [3.63, 3.8) is 0 Å². The van der Waals surface area contributed by atoms with Crippen LogP contribution in [0.5, 0.6) is 0 Å². The topological polar surface area (TPSA) is 21.3 Å². The molecule has 1 unspecified atom stereocenters. The second kappa shape index (κ2) is 17.0. The van der Waals surface area contributed by atoms with E-state index in [9.17, 15) is 0 Å². The monoisotopic (exact) mass is 367 g/mol. The Hall–Kier alpha value is -0.0800. The van der Waals surface area contributed by atoms with E-state index in [0.29, 0.717) is 0 Å². The first-order chi connectivity index (χ1) is 12.8. The molecule has 2 nitrogen and oxygen atoms in total. The van der Waals surface area contributed by atoms with Gasteiger partial charge in [-0.2, -0.15) is 0 Å². The van der Waals surface area contributed by atoms with E-state index in [-0.39, 0.29) is 5.60 Å². The van der Waals surface area contributed by atoms with E-state index in [0.717, 1.165) is 19.7 Å². The summed E-state index contributed by atoms with van der Waals surface area (Å²) in [6.45, 7) is 7.51. The second-order valence-electron chi connectivity index (χ2n) is 8.88. The van der Waals surface area contributed by atoms with Gasteiger partial charge in [0.25, 0.3) is 0 Å². The maximum Gasteiger partial charge on any atom is 0.0778 e. The first-order valence-corrected chi connectivity index (χ1v) is 12.1. The lowest BCUT2D eigenvalue weighted by molar-refractivity contribution is -0.0589. The van der Waals surface area contributed by atoms with E-state index in [1.807, 2.05) is 0 Å². The minimum Gasteiger partial charge on any atom is -0.373 e. The van der Waals surface area contributed by atoms with Gasteiger partial charge in [-0.25, -0.2) is 0 Å². The van der Waals surface area contributed by atoms with Crippen LogP contribution < -0.4 is 5.32 Å². The number of hydrogen-bond acceptors (Lipinski definition) is 2. The van der Waals surface area contributed by atoms with Gasteiger partial charge in [-0.1, -0.05) is 116 Å². The molecule has 26 heavy (non-hydrogen) atoms. The fraction of sp³-hybridized carbons (Fsp3) is 1.00. The quantitative estimate of drug-likeness (QED) is 0.255. The van der Waals surface area contributed by atoms with Gasteiger partial charge in [0.2, 0.25) is 0 Å². The third-order valence-electron chi connectivity index (χ3n) is 6.04. The molecule has 0 spiro atoms. The fourth-order valence-electron chi connectivity index (χ4n) is 4.16. The van der Waals surface area contributed by atoms with Crippen molar-refractivity contribution in [2.75, 3.05) is 19.7 Å². The number of hydrogen-bond donors (Lipinski definition) is 1. The molecule has 1 aliphatic heterocycles. The highest BCUT2D eigenvalue weighted by Gasteiger charge is 2.26. The fourth-order valence-corrected chi connectivity index (χ4v) is 4.16. The summed E-state index contributed by atoms with van der Waals surface area (Å²) < 4.78 is 5.93. The van der Waals surface area contributed by atoms with Crippen molar-refractivity contribution in [1.82, 2.24) is 5.32 Å². The van der Waals surface area contributed by atoms with Gasteiger partial charge in [0, 0.05) is 13.1 Å². The summed E-state index contributed by atoms with van der Waals surface area (Å²) >= 11 is 0. The highest BCUT2D eigenvalue weighted by atomic mass is 16.5. The number of morpholine rings is 1. The van der Waals surface area contributed by atoms with Gasteiger partial charge in [-0.05, 0) is 13.3 Å². The van der Waals surface area contributed by atoms with Crippen molar-refractivity contribution in [3.05, 3.63) is 0 Å². The molecule has 0 radical (unpaired) electrons. The summed E-state index contributed by atoms with van der Waals surface area (Å²) in [5.41, 5.74) is 0.105. The number of unbranched alkanes of at least 4 members (excludes halogenated alkanes) is 16. The first-order valence-electron chi connectivity index (χ1n) is 12.1. The first kappa shape index (κ1) is 24.0. The number of ether oxygens (including phenoxy) is 1. The van der Waals surface area contributed by atoms with Crippen molar-refractivity contribution < 1.29 is 4.74 Å². The number of nitrogens with one attached hydrogen (secondary N) is 1. The van der Waals surface area contributed by atoms with Gasteiger partial charge >= 0.3 is 0 Å². The van der Waals surface area contributed by atoms with Crippen LogP contribution in [0.15, 0.2) is 0 Å². The summed E-state index contributed by atoms with van der Waals surface area (Å²) in [5.74, 6) is 0. The highest BCUT2D eigenvalue weighted by Crippen LogP contribution is 2.21. The van der Waals surface area contributed by atoms with Gasteiger partial charge < -0.3 is 10.1 Å². The molecule has 1 atom stereocenters. The molecule has 0 aromatic rings. The van der Waals surface area contributed by atoms with Crippen molar-refractivity contribution in [3.8, 4) is 0 Å². The molecule has 2 heteroatoms. The van der Waals surface area contributed by atoms with Gasteiger partial charge in [-0.3, -0.25) is 0 Å². The molecule has 1 heterocycles. The molecule has 156 valence electrons. The molecule has 1 N–H and O–H groups in total. The molecule has 0 amide bonds. The minimum atomic E-state index is 0.105. The van der Waals surface area contributed by atoms with Crippen LogP contribution in [0, 0.1) is 0 Å². The van der Waals surface area contributed by atoms with Crippen LogP contribution in [0.25, 0.3) is 0 Å². The van der Waals surface area contributed by atoms with E-state index in [1.54, 1.807) is 0 Å². The largest absolute Gasteiger partial charge is 0.373 e. The highest BCUT2D eigenvalue weighted by molar-refractivity contribution is 4.81. The van der Waals surface area contributed by atoms with Gasteiger partial charge in [0.1, 0.15) is 0 Å². The lowest BCUT2D eigenvalue weighted by Gasteiger charge is -2.34. The molecule has 0 aliphatic carbocycles. The predicted molar refractivity (Wildman–Crippen MR) is 116 cm³/mol. The van der Waals surface area contributed by atoms with Crippen molar-refractivity contribution >= 4 is 0 Å². The lowest BCUT2D eigenvalue weighted by atomic mass is 9.96. The molecule has 1 rings (SSSR count). The van der Waals surface area contributed by atoms with Gasteiger partial charge in [0.15, 0.2) is 0 Å². The minimum absolute atomic E-state index is 0.105. The van der Waals surface area contributed by atoms with Gasteiger partial charge in [0.05, 0.1) is 12.2 Å². The SMILES string of the molecule is CCCCCCCCCCCCCCCCCCCC1(C)CNCCO1. The van der Waals surface area contributed by atoms with E-state index >= 15 is 0 Å². The Kier molecular flexibility index (Phi) is 15.7. The van der Waals surface area contributed by atoms with Gasteiger partial charge in [-0.15, -0.1) is 0 Å². The Labute approximate surface area is 165 Å². The summed E-state index contributed by atoms with van der Waals surface area (Å²) in [7, 11) is 0. The summed E-state index contributed by atoms with van der Waals surface area (Å²) in [5, 5.41) is 3.46. The Morgan fingerprint density at radius 1 is 0.654 bits per heavy atom. The Morgan fingerprint density at radius 2 is 1.08 bits per heavy atom. The maximum atomic E-state index is 5.93. The maximum absolute atomic E-state index is 5.93. The molecule has 0 saturated carbocycles. The molecule has 0 aromatic heterocycles. The zero-order chi connectivity index (χ0) is 18.8. The van der Waals surface area contributed by atoms with Crippen molar-refractivity contribution in [1.29, 1.82) is 0 Å². The van der Waals surface area contributed by atoms with E-state index in [2.05, 4.69) is 19.2 Å². The second-order valence-corrected chi connectivity index (χ2v) is 8.88. The Bertz CT molecular complexity index is 286. The van der Waals surface area contributed by atoms with E-state index < -0.39 is 0 Å². The van der Waals surface area contributed by atoms with Crippen LogP contribution >= 0.6 is 0 Å². The normalized spacial score (nSPS) is 20.5. The van der Waals surface area contributed by atoms with E-state index in [1.165, 1.54) is 116 Å². The third kappa shape index (κ3) is 14.0. The Balaban J connectivity index is 1.71. The summed E-state index contributed by atoms with van der Waals surface area (Å²) in [4.78, 5) is 0. The smallest absolute Gasteiger partial charge is 0.0778 e. The zero-order valence-corrected chi connectivity index (χ0v) is 18.3. The van der Waals surface area contributed by atoms with Crippen LogP contribution in [0.4, 0.5) is 0 Å². The molecule has 1 saturated heterocycles. The van der Waals surface area contributed by atoms with Crippen LogP contribution in [0.1, 0.15) is 129 Å². The molecule has 1 fully saturated rings. The van der Waals surface area contributed by atoms with Crippen molar-refractivity contribution in [2.45, 2.75) is 135 Å². The van der Waals surface area contributed by atoms with Crippen LogP contribution in [0.3, 0.4) is 0 Å². The van der Waals surface area contributed by atoms with Crippen LogP contribution in [-0.4, -0.2) is 25.3 Å². The van der Waals surface area contributed by atoms with Crippen molar-refractivity contribution in [2.24, 2.45) is 0 Å².